The average Bonchev–Trinajstić information content (AvgIpc) is 3.26. The van der Waals surface area contributed by atoms with E-state index in [2.05, 4.69) is 4.90 Å². The normalized spacial score (nSPS) is 16.1. The van der Waals surface area contributed by atoms with Crippen LogP contribution in [0.25, 0.3) is 0 Å². The van der Waals surface area contributed by atoms with Gasteiger partial charge in [0.25, 0.3) is 0 Å². The van der Waals surface area contributed by atoms with Crippen LogP contribution in [0.15, 0.2) is 48.5 Å². The lowest BCUT2D eigenvalue weighted by Gasteiger charge is -2.25. The Kier molecular flexibility index (Phi) is 7.71. The lowest BCUT2D eigenvalue weighted by molar-refractivity contribution is 0.0694. The number of nitrogens with zero attached hydrogens (tertiary/aromatic N) is 2. The molecule has 0 spiro atoms. The highest BCUT2D eigenvalue weighted by molar-refractivity contribution is 6.31. The summed E-state index contributed by atoms with van der Waals surface area (Å²) in [7, 11) is 0. The number of carbonyl (C=O) groups is 1. The number of ether oxygens (including phenoxy) is 1. The van der Waals surface area contributed by atoms with Crippen molar-refractivity contribution in [3.05, 3.63) is 92.5 Å². The van der Waals surface area contributed by atoms with E-state index in [9.17, 15) is 14.3 Å². The molecule has 1 atom stereocenters. The molecule has 1 saturated heterocycles. The molecule has 2 aromatic carbocycles. The van der Waals surface area contributed by atoms with Crippen molar-refractivity contribution in [3.8, 4) is 5.75 Å². The van der Waals surface area contributed by atoms with Gasteiger partial charge in [-0.1, -0.05) is 29.3 Å². The topological polar surface area (TPSA) is 62.7 Å². The molecule has 2 heterocycles. The van der Waals surface area contributed by atoms with Crippen molar-refractivity contribution in [3.63, 3.8) is 0 Å². The molecule has 178 valence electrons. The zero-order chi connectivity index (χ0) is 24.2. The maximum Gasteiger partial charge on any atom is 0.337 e. The number of rotatable bonds is 8. The maximum atomic E-state index is 13.5. The molecule has 0 aliphatic carbocycles. The van der Waals surface area contributed by atoms with Crippen molar-refractivity contribution in [2.24, 2.45) is 0 Å². The molecule has 4 rings (SSSR count). The molecule has 0 unspecified atom stereocenters. The predicted molar refractivity (Wildman–Crippen MR) is 130 cm³/mol. The Hall–Kier alpha value is -2.67. The van der Waals surface area contributed by atoms with Crippen LogP contribution < -0.4 is 4.74 Å². The van der Waals surface area contributed by atoms with Crippen molar-refractivity contribution in [1.82, 2.24) is 9.88 Å². The van der Waals surface area contributed by atoms with E-state index < -0.39 is 11.8 Å². The van der Waals surface area contributed by atoms with Crippen LogP contribution in [0.2, 0.25) is 10.0 Å². The Balaban J connectivity index is 1.50. The predicted octanol–water partition coefficient (Wildman–Crippen LogP) is 6.49. The summed E-state index contributed by atoms with van der Waals surface area (Å²) >= 11 is 12.0. The van der Waals surface area contributed by atoms with Gasteiger partial charge in [0.05, 0.1) is 34.6 Å². The molecule has 0 radical (unpaired) electrons. The fourth-order valence-electron chi connectivity index (χ4n) is 4.28. The minimum Gasteiger partial charge on any atom is -0.493 e. The van der Waals surface area contributed by atoms with Gasteiger partial charge in [0.2, 0.25) is 0 Å². The number of pyridine rings is 1. The Morgan fingerprint density at radius 3 is 2.74 bits per heavy atom. The molecule has 1 fully saturated rings. The molecule has 8 heteroatoms. The Bertz CT molecular complexity index is 1200. The van der Waals surface area contributed by atoms with E-state index in [0.29, 0.717) is 36.0 Å². The minimum absolute atomic E-state index is 0.0465. The van der Waals surface area contributed by atoms with Crippen molar-refractivity contribution < 1.29 is 19.0 Å². The quantitative estimate of drug-likeness (QED) is 0.381. The number of carboxylic acids is 1. The molecule has 0 bridgehead atoms. The third-order valence-corrected chi connectivity index (χ3v) is 6.75. The molecule has 3 aromatic rings. The van der Waals surface area contributed by atoms with Crippen LogP contribution in [-0.2, 0) is 13.0 Å². The highest BCUT2D eigenvalue weighted by Gasteiger charge is 2.28. The van der Waals surface area contributed by atoms with E-state index in [4.69, 9.17) is 32.9 Å². The van der Waals surface area contributed by atoms with E-state index in [1.165, 1.54) is 6.07 Å². The Labute approximate surface area is 208 Å². The first-order valence-corrected chi connectivity index (χ1v) is 11.9. The molecule has 1 N–H and O–H groups in total. The van der Waals surface area contributed by atoms with Gasteiger partial charge < -0.3 is 9.84 Å². The number of aromatic carboxylic acids is 1. The molecule has 5 nitrogen and oxygen atoms in total. The van der Waals surface area contributed by atoms with E-state index in [1.807, 2.05) is 13.0 Å². The molecule has 1 aliphatic rings. The van der Waals surface area contributed by atoms with Crippen LogP contribution in [0.5, 0.6) is 5.75 Å². The summed E-state index contributed by atoms with van der Waals surface area (Å²) in [5.41, 5.74) is 3.33. The monoisotopic (exact) mass is 502 g/mol. The SMILES string of the molecule is Cc1cc(OCCc2nc([C@H]3CCCN3Cc3ccc(F)c(Cl)c3)ccc2C(=O)O)ccc1Cl. The first kappa shape index (κ1) is 24.5. The number of aromatic nitrogens is 1. The van der Waals surface area contributed by atoms with Gasteiger partial charge in [-0.05, 0) is 79.9 Å². The number of aryl methyl sites for hydroxylation is 1. The molecule has 0 amide bonds. The maximum absolute atomic E-state index is 13.5. The second-order valence-corrected chi connectivity index (χ2v) is 9.24. The van der Waals surface area contributed by atoms with Crippen LogP contribution in [0.3, 0.4) is 0 Å². The Morgan fingerprint density at radius 1 is 1.18 bits per heavy atom. The van der Waals surface area contributed by atoms with E-state index in [0.717, 1.165) is 36.2 Å². The number of benzene rings is 2. The molecule has 1 aromatic heterocycles. The van der Waals surface area contributed by atoms with Crippen LogP contribution in [-0.4, -0.2) is 34.1 Å². The highest BCUT2D eigenvalue weighted by atomic mass is 35.5. The van der Waals surface area contributed by atoms with Crippen LogP contribution >= 0.6 is 23.2 Å². The average molecular weight is 503 g/mol. The molecule has 0 saturated carbocycles. The second-order valence-electron chi connectivity index (χ2n) is 8.42. The van der Waals surface area contributed by atoms with Gasteiger partial charge in [-0.2, -0.15) is 0 Å². The van der Waals surface area contributed by atoms with Crippen LogP contribution in [0, 0.1) is 12.7 Å². The lowest BCUT2D eigenvalue weighted by atomic mass is 10.1. The summed E-state index contributed by atoms with van der Waals surface area (Å²) in [4.78, 5) is 18.8. The van der Waals surface area contributed by atoms with E-state index >= 15 is 0 Å². The fourth-order valence-corrected chi connectivity index (χ4v) is 4.61. The molecule has 34 heavy (non-hydrogen) atoms. The molecule has 1 aliphatic heterocycles. The fraction of sp³-hybridized carbons (Fsp3) is 0.308. The third kappa shape index (κ3) is 5.69. The lowest BCUT2D eigenvalue weighted by Crippen LogP contribution is -2.24. The van der Waals surface area contributed by atoms with E-state index in [1.54, 1.807) is 36.4 Å². The molecular formula is C26H25Cl2FN2O3. The smallest absolute Gasteiger partial charge is 0.337 e. The van der Waals surface area contributed by atoms with Crippen LogP contribution in [0.4, 0.5) is 4.39 Å². The summed E-state index contributed by atoms with van der Waals surface area (Å²) in [5, 5.41) is 10.4. The summed E-state index contributed by atoms with van der Waals surface area (Å²) in [6.45, 7) is 3.67. The van der Waals surface area contributed by atoms with Crippen molar-refractivity contribution >= 4 is 29.2 Å². The third-order valence-electron chi connectivity index (χ3n) is 6.04. The zero-order valence-electron chi connectivity index (χ0n) is 18.7. The Morgan fingerprint density at radius 2 is 2.00 bits per heavy atom. The number of hydrogen-bond acceptors (Lipinski definition) is 4. The summed E-state index contributed by atoms with van der Waals surface area (Å²) in [6.07, 6.45) is 2.27. The number of carboxylic acid groups (broad SMARTS) is 1. The summed E-state index contributed by atoms with van der Waals surface area (Å²) in [5.74, 6) is -0.773. The van der Waals surface area contributed by atoms with Gasteiger partial charge in [-0.3, -0.25) is 9.88 Å². The summed E-state index contributed by atoms with van der Waals surface area (Å²) < 4.78 is 19.4. The number of halogens is 3. The van der Waals surface area contributed by atoms with E-state index in [-0.39, 0.29) is 16.6 Å². The van der Waals surface area contributed by atoms with Crippen molar-refractivity contribution in [2.45, 2.75) is 38.8 Å². The van der Waals surface area contributed by atoms with Gasteiger partial charge in [0.15, 0.2) is 0 Å². The number of likely N-dealkylation sites (tertiary alicyclic amines) is 1. The first-order valence-electron chi connectivity index (χ1n) is 11.1. The number of hydrogen-bond donors (Lipinski definition) is 1. The first-order chi connectivity index (χ1) is 16.3. The van der Waals surface area contributed by atoms with Crippen LogP contribution in [0.1, 0.15) is 51.8 Å². The second kappa shape index (κ2) is 10.7. The largest absolute Gasteiger partial charge is 0.493 e. The highest BCUT2D eigenvalue weighted by Crippen LogP contribution is 2.33. The summed E-state index contributed by atoms with van der Waals surface area (Å²) in [6, 6.07) is 13.6. The minimum atomic E-state index is -1.01. The van der Waals surface area contributed by atoms with Crippen molar-refractivity contribution in [2.75, 3.05) is 13.2 Å². The van der Waals surface area contributed by atoms with Crippen molar-refractivity contribution in [1.29, 1.82) is 0 Å². The molecular weight excluding hydrogens is 478 g/mol. The van der Waals surface area contributed by atoms with Gasteiger partial charge in [0, 0.05) is 18.0 Å². The van der Waals surface area contributed by atoms with Gasteiger partial charge in [0.1, 0.15) is 11.6 Å². The standard InChI is InChI=1S/C26H25Cl2FN2O3/c1-16-13-18(5-7-20(16)27)34-12-10-23-19(26(32)33)6-9-24(30-23)25-3-2-11-31(25)15-17-4-8-22(29)21(28)14-17/h4-9,13-14,25H,2-3,10-12,15H2,1H3,(H,32,33)/t25-/m1/s1. The van der Waals surface area contributed by atoms with Gasteiger partial charge >= 0.3 is 5.97 Å². The van der Waals surface area contributed by atoms with Gasteiger partial charge in [-0.15, -0.1) is 0 Å². The zero-order valence-corrected chi connectivity index (χ0v) is 20.2. The van der Waals surface area contributed by atoms with Gasteiger partial charge in [-0.25, -0.2) is 9.18 Å².